The largest absolute Gasteiger partial charge is 0.508 e. The molecule has 1 aliphatic rings. The number of aromatic hydroxyl groups is 1. The summed E-state index contributed by atoms with van der Waals surface area (Å²) in [5.41, 5.74) is 0.347. The SMILES string of the molecule is CCc1c(F)ccc2cc(O)cc(-c3ncc4c(N5CCC[C@@]5(C)CO)nc(C(C)C)nc4c3F)c12. The summed E-state index contributed by atoms with van der Waals surface area (Å²) in [5.74, 6) is -0.120. The van der Waals surface area contributed by atoms with Crippen LogP contribution in [0.1, 0.15) is 57.8 Å². The van der Waals surface area contributed by atoms with E-state index in [1.807, 2.05) is 32.6 Å². The number of hydrogen-bond acceptors (Lipinski definition) is 6. The number of aromatic nitrogens is 3. The summed E-state index contributed by atoms with van der Waals surface area (Å²) in [7, 11) is 0. The number of aliphatic hydroxyl groups excluding tert-OH is 1. The van der Waals surface area contributed by atoms with Gasteiger partial charge in [0.15, 0.2) is 5.82 Å². The maximum Gasteiger partial charge on any atom is 0.175 e. The predicted molar refractivity (Wildman–Crippen MR) is 137 cm³/mol. The first-order chi connectivity index (χ1) is 17.2. The molecule has 2 aromatic heterocycles. The van der Waals surface area contributed by atoms with E-state index in [4.69, 9.17) is 4.98 Å². The number of halogens is 2. The van der Waals surface area contributed by atoms with Crippen molar-refractivity contribution in [3.8, 4) is 17.0 Å². The number of aliphatic hydroxyl groups is 1. The van der Waals surface area contributed by atoms with Crippen LogP contribution in [0.5, 0.6) is 5.75 Å². The van der Waals surface area contributed by atoms with Crippen molar-refractivity contribution in [2.75, 3.05) is 18.1 Å². The molecule has 0 radical (unpaired) electrons. The van der Waals surface area contributed by atoms with Crippen LogP contribution in [0.15, 0.2) is 30.5 Å². The van der Waals surface area contributed by atoms with Gasteiger partial charge in [0.1, 0.15) is 34.4 Å². The molecular weight excluding hydrogens is 462 g/mol. The molecule has 1 saturated heterocycles. The molecule has 5 rings (SSSR count). The van der Waals surface area contributed by atoms with Crippen LogP contribution in [0.3, 0.4) is 0 Å². The van der Waals surface area contributed by atoms with E-state index in [-0.39, 0.29) is 35.3 Å². The Morgan fingerprint density at radius 3 is 2.64 bits per heavy atom. The Bertz CT molecular complexity index is 1490. The van der Waals surface area contributed by atoms with Gasteiger partial charge in [0.05, 0.1) is 17.5 Å². The minimum Gasteiger partial charge on any atom is -0.508 e. The molecule has 0 spiro atoms. The van der Waals surface area contributed by atoms with E-state index in [2.05, 4.69) is 9.97 Å². The standard InChI is InChI=1S/C28H30F2N4O2/c1-5-18-21(29)8-7-16-11-17(36)12-19(22(16)18)24-23(30)25-20(13-31-24)27(33-26(32-25)15(2)3)34-10-6-9-28(34,4)14-35/h7-8,11-13,15,35-36H,5-6,9-10,14H2,1-4H3/t28-/m0/s1. The van der Waals surface area contributed by atoms with E-state index in [0.717, 1.165) is 12.8 Å². The number of fused-ring (bicyclic) bond motifs is 2. The quantitative estimate of drug-likeness (QED) is 0.363. The van der Waals surface area contributed by atoms with Crippen molar-refractivity contribution in [3.05, 3.63) is 53.5 Å². The van der Waals surface area contributed by atoms with Crippen LogP contribution in [0.25, 0.3) is 32.9 Å². The van der Waals surface area contributed by atoms with Crippen molar-refractivity contribution in [2.45, 2.75) is 58.4 Å². The third-order valence-electron chi connectivity index (χ3n) is 7.30. The number of aryl methyl sites for hydroxylation is 1. The zero-order valence-corrected chi connectivity index (χ0v) is 20.9. The fraction of sp³-hybridized carbons (Fsp3) is 0.393. The van der Waals surface area contributed by atoms with Gasteiger partial charge < -0.3 is 15.1 Å². The second kappa shape index (κ2) is 8.92. The molecular formula is C28H30F2N4O2. The van der Waals surface area contributed by atoms with Crippen LogP contribution in [0.2, 0.25) is 0 Å². The van der Waals surface area contributed by atoms with Crippen LogP contribution in [0, 0.1) is 11.6 Å². The Kier molecular flexibility index (Phi) is 6.03. The zero-order chi connectivity index (χ0) is 25.8. The van der Waals surface area contributed by atoms with E-state index in [1.54, 1.807) is 12.3 Å². The molecule has 0 saturated carbocycles. The Morgan fingerprint density at radius 2 is 1.94 bits per heavy atom. The summed E-state index contributed by atoms with van der Waals surface area (Å²) < 4.78 is 31.1. The highest BCUT2D eigenvalue weighted by Gasteiger charge is 2.38. The Morgan fingerprint density at radius 1 is 1.17 bits per heavy atom. The maximum atomic E-state index is 16.3. The molecule has 3 heterocycles. The molecule has 2 aromatic carbocycles. The van der Waals surface area contributed by atoms with E-state index in [9.17, 15) is 14.6 Å². The summed E-state index contributed by atoms with van der Waals surface area (Å²) in [6.07, 6.45) is 3.62. The molecule has 0 aliphatic carbocycles. The van der Waals surface area contributed by atoms with Crippen LogP contribution in [-0.4, -0.2) is 43.9 Å². The smallest absolute Gasteiger partial charge is 0.175 e. The summed E-state index contributed by atoms with van der Waals surface area (Å²) in [6, 6.07) is 5.90. The molecule has 0 bridgehead atoms. The van der Waals surface area contributed by atoms with E-state index in [1.165, 1.54) is 18.2 Å². The fourth-order valence-corrected chi connectivity index (χ4v) is 5.29. The molecule has 1 fully saturated rings. The minimum atomic E-state index is -0.652. The van der Waals surface area contributed by atoms with Gasteiger partial charge in [0.25, 0.3) is 0 Å². The number of benzene rings is 2. The lowest BCUT2D eigenvalue weighted by molar-refractivity contribution is 0.209. The second-order valence-electron chi connectivity index (χ2n) is 10.1. The Labute approximate surface area is 208 Å². The molecule has 1 aliphatic heterocycles. The fourth-order valence-electron chi connectivity index (χ4n) is 5.29. The van der Waals surface area contributed by atoms with Gasteiger partial charge in [0, 0.05) is 24.2 Å². The number of hydrogen-bond donors (Lipinski definition) is 2. The first kappa shape index (κ1) is 24.3. The highest BCUT2D eigenvalue weighted by atomic mass is 19.1. The van der Waals surface area contributed by atoms with Gasteiger partial charge in [-0.25, -0.2) is 18.7 Å². The van der Waals surface area contributed by atoms with Crippen LogP contribution >= 0.6 is 0 Å². The van der Waals surface area contributed by atoms with E-state index in [0.29, 0.717) is 51.9 Å². The molecule has 0 amide bonds. The number of phenolic OH excluding ortho intramolecular Hbond substituents is 1. The maximum absolute atomic E-state index is 16.3. The van der Waals surface area contributed by atoms with Gasteiger partial charge in [0.2, 0.25) is 0 Å². The molecule has 2 N–H and O–H groups in total. The van der Waals surface area contributed by atoms with E-state index < -0.39 is 11.4 Å². The van der Waals surface area contributed by atoms with Crippen molar-refractivity contribution < 1.29 is 19.0 Å². The van der Waals surface area contributed by atoms with Crippen LogP contribution < -0.4 is 4.90 Å². The number of rotatable bonds is 5. The second-order valence-corrected chi connectivity index (χ2v) is 10.1. The van der Waals surface area contributed by atoms with E-state index >= 15 is 4.39 Å². The normalized spacial score (nSPS) is 18.2. The number of nitrogens with zero attached hydrogens (tertiary/aromatic N) is 4. The van der Waals surface area contributed by atoms with Gasteiger partial charge in [-0.2, -0.15) is 0 Å². The molecule has 6 nitrogen and oxygen atoms in total. The summed E-state index contributed by atoms with van der Waals surface area (Å²) >= 11 is 0. The monoisotopic (exact) mass is 492 g/mol. The average Bonchev–Trinajstić information content (AvgIpc) is 3.25. The molecule has 8 heteroatoms. The topological polar surface area (TPSA) is 82.4 Å². The Balaban J connectivity index is 1.82. The number of phenols is 1. The van der Waals surface area contributed by atoms with Crippen molar-refractivity contribution in [1.29, 1.82) is 0 Å². The lowest BCUT2D eigenvalue weighted by Crippen LogP contribution is -2.45. The predicted octanol–water partition coefficient (Wildman–Crippen LogP) is 5.87. The molecule has 0 unspecified atom stereocenters. The Hall–Kier alpha value is -3.39. The molecule has 4 aromatic rings. The summed E-state index contributed by atoms with van der Waals surface area (Å²) in [4.78, 5) is 15.9. The highest BCUT2D eigenvalue weighted by molar-refractivity contribution is 6.01. The zero-order valence-electron chi connectivity index (χ0n) is 20.9. The number of anilines is 1. The van der Waals surface area contributed by atoms with Gasteiger partial charge in [-0.1, -0.05) is 26.8 Å². The summed E-state index contributed by atoms with van der Waals surface area (Å²) in [6.45, 7) is 8.32. The van der Waals surface area contributed by atoms with Crippen molar-refractivity contribution in [3.63, 3.8) is 0 Å². The lowest BCUT2D eigenvalue weighted by Gasteiger charge is -2.35. The van der Waals surface area contributed by atoms with Gasteiger partial charge >= 0.3 is 0 Å². The third-order valence-corrected chi connectivity index (χ3v) is 7.30. The van der Waals surface area contributed by atoms with Gasteiger partial charge in [-0.05, 0) is 60.7 Å². The van der Waals surface area contributed by atoms with Crippen molar-refractivity contribution >= 4 is 27.5 Å². The molecule has 36 heavy (non-hydrogen) atoms. The average molecular weight is 493 g/mol. The first-order valence-corrected chi connectivity index (χ1v) is 12.4. The van der Waals surface area contributed by atoms with Crippen molar-refractivity contribution in [2.24, 2.45) is 0 Å². The highest BCUT2D eigenvalue weighted by Crippen LogP contribution is 2.41. The van der Waals surface area contributed by atoms with Crippen molar-refractivity contribution in [1.82, 2.24) is 15.0 Å². The first-order valence-electron chi connectivity index (χ1n) is 12.4. The molecule has 188 valence electrons. The number of pyridine rings is 1. The van der Waals surface area contributed by atoms with Gasteiger partial charge in [-0.3, -0.25) is 4.98 Å². The van der Waals surface area contributed by atoms with Crippen LogP contribution in [-0.2, 0) is 6.42 Å². The van der Waals surface area contributed by atoms with Gasteiger partial charge in [-0.15, -0.1) is 0 Å². The third kappa shape index (κ3) is 3.75. The molecule has 1 atom stereocenters. The lowest BCUT2D eigenvalue weighted by atomic mass is 9.94. The minimum absolute atomic E-state index is 0.00519. The summed E-state index contributed by atoms with van der Waals surface area (Å²) in [5, 5.41) is 22.1. The van der Waals surface area contributed by atoms with Crippen LogP contribution in [0.4, 0.5) is 14.6 Å².